The van der Waals surface area contributed by atoms with Gasteiger partial charge in [0.05, 0.1) is 12.2 Å². The van der Waals surface area contributed by atoms with E-state index < -0.39 is 5.97 Å². The first-order chi connectivity index (χ1) is 6.08. The van der Waals surface area contributed by atoms with Crippen LogP contribution < -0.4 is 0 Å². The van der Waals surface area contributed by atoms with E-state index in [1.54, 1.807) is 6.08 Å². The van der Waals surface area contributed by atoms with Crippen LogP contribution in [0.5, 0.6) is 0 Å². The molecule has 1 N–H and O–H groups in total. The fourth-order valence-corrected chi connectivity index (χ4v) is 1.83. The second-order valence-corrected chi connectivity index (χ2v) is 3.69. The molecule has 1 rings (SSSR count). The van der Waals surface area contributed by atoms with Crippen molar-refractivity contribution in [3.05, 3.63) is 12.2 Å². The third kappa shape index (κ3) is 3.59. The molecule has 2 atom stereocenters. The number of allylic oxidation sites excluding steroid dienone is 1. The van der Waals surface area contributed by atoms with E-state index in [0.29, 0.717) is 5.92 Å². The summed E-state index contributed by atoms with van der Waals surface area (Å²) in [5.74, 6) is -0.512. The van der Waals surface area contributed by atoms with E-state index in [4.69, 9.17) is 9.84 Å². The van der Waals surface area contributed by atoms with Crippen molar-refractivity contribution in [2.24, 2.45) is 5.92 Å². The van der Waals surface area contributed by atoms with E-state index in [2.05, 4.69) is 0 Å². The highest BCUT2D eigenvalue weighted by molar-refractivity contribution is 5.79. The van der Waals surface area contributed by atoms with Gasteiger partial charge >= 0.3 is 5.97 Å². The molecule has 0 amide bonds. The number of rotatable bonds is 2. The minimum absolute atomic E-state index is 0.243. The molecule has 2 unspecified atom stereocenters. The molecule has 3 nitrogen and oxygen atoms in total. The molecular weight excluding hydrogens is 168 g/mol. The Morgan fingerprint density at radius 1 is 1.38 bits per heavy atom. The van der Waals surface area contributed by atoms with Crippen LogP contribution in [0.2, 0.25) is 0 Å². The number of carboxylic acid groups (broad SMARTS) is 1. The fourth-order valence-electron chi connectivity index (χ4n) is 1.83. The largest absolute Gasteiger partial charge is 0.478 e. The van der Waals surface area contributed by atoms with Crippen molar-refractivity contribution in [1.29, 1.82) is 0 Å². The number of carbonyl (C=O) groups is 1. The maximum Gasteiger partial charge on any atom is 0.327 e. The second-order valence-electron chi connectivity index (χ2n) is 3.69. The van der Waals surface area contributed by atoms with Gasteiger partial charge in [0.2, 0.25) is 0 Å². The van der Waals surface area contributed by atoms with Crippen molar-refractivity contribution >= 4 is 5.97 Å². The predicted octanol–water partition coefficient (Wildman–Crippen LogP) is 1.83. The van der Waals surface area contributed by atoms with E-state index in [1.165, 1.54) is 6.08 Å². The molecule has 13 heavy (non-hydrogen) atoms. The summed E-state index contributed by atoms with van der Waals surface area (Å²) in [5.41, 5.74) is 0. The summed E-state index contributed by atoms with van der Waals surface area (Å²) in [7, 11) is 0. The Labute approximate surface area is 78.4 Å². The van der Waals surface area contributed by atoms with E-state index >= 15 is 0 Å². The molecule has 0 radical (unpaired) electrons. The molecule has 0 aromatic carbocycles. The van der Waals surface area contributed by atoms with Crippen LogP contribution in [0.3, 0.4) is 0 Å². The third-order valence-corrected chi connectivity index (χ3v) is 2.24. The zero-order valence-electron chi connectivity index (χ0n) is 8.06. The van der Waals surface area contributed by atoms with Gasteiger partial charge in [-0.2, -0.15) is 0 Å². The summed E-state index contributed by atoms with van der Waals surface area (Å²) >= 11 is 0. The predicted molar refractivity (Wildman–Crippen MR) is 49.5 cm³/mol. The molecule has 0 aromatic rings. The number of carboxylic acids is 1. The van der Waals surface area contributed by atoms with Crippen molar-refractivity contribution in [3.63, 3.8) is 0 Å². The van der Waals surface area contributed by atoms with Gasteiger partial charge in [-0.1, -0.05) is 6.08 Å². The van der Waals surface area contributed by atoms with Gasteiger partial charge in [-0.05, 0) is 32.6 Å². The van der Waals surface area contributed by atoms with Crippen molar-refractivity contribution < 1.29 is 14.6 Å². The van der Waals surface area contributed by atoms with Gasteiger partial charge in [-0.3, -0.25) is 0 Å². The standard InChI is InChI=1S/C10H16O3/c1-7-5-9(3-4-10(11)12)6-8(2)13-7/h3-4,7-9H,5-6H2,1-2H3,(H,11,12). The molecule has 1 aliphatic rings. The third-order valence-electron chi connectivity index (χ3n) is 2.24. The highest BCUT2D eigenvalue weighted by Gasteiger charge is 2.22. The molecule has 1 fully saturated rings. The van der Waals surface area contributed by atoms with Crippen LogP contribution in [-0.4, -0.2) is 23.3 Å². The number of hydrogen-bond acceptors (Lipinski definition) is 2. The van der Waals surface area contributed by atoms with Gasteiger partial charge in [0, 0.05) is 6.08 Å². The molecule has 1 aliphatic heterocycles. The van der Waals surface area contributed by atoms with E-state index in [1.807, 2.05) is 13.8 Å². The zero-order valence-corrected chi connectivity index (χ0v) is 8.06. The number of ether oxygens (including phenoxy) is 1. The van der Waals surface area contributed by atoms with Gasteiger partial charge in [0.1, 0.15) is 0 Å². The maximum atomic E-state index is 10.3. The van der Waals surface area contributed by atoms with Crippen LogP contribution in [0.15, 0.2) is 12.2 Å². The number of hydrogen-bond donors (Lipinski definition) is 1. The molecular formula is C10H16O3. The van der Waals surface area contributed by atoms with Crippen LogP contribution in [0.1, 0.15) is 26.7 Å². The van der Waals surface area contributed by atoms with Crippen LogP contribution in [-0.2, 0) is 9.53 Å². The Bertz CT molecular complexity index is 200. The number of aliphatic carboxylic acids is 1. The molecule has 0 spiro atoms. The SMILES string of the molecule is CC1CC(C=CC(=O)O)CC(C)O1. The lowest BCUT2D eigenvalue weighted by atomic mass is 9.92. The molecule has 0 bridgehead atoms. The van der Waals surface area contributed by atoms with Crippen molar-refractivity contribution in [1.82, 2.24) is 0 Å². The fraction of sp³-hybridized carbons (Fsp3) is 0.700. The zero-order chi connectivity index (χ0) is 9.84. The Kier molecular flexibility index (Phi) is 3.48. The summed E-state index contributed by atoms with van der Waals surface area (Å²) < 4.78 is 5.54. The van der Waals surface area contributed by atoms with Crippen LogP contribution >= 0.6 is 0 Å². The van der Waals surface area contributed by atoms with E-state index in [0.717, 1.165) is 12.8 Å². The van der Waals surface area contributed by atoms with E-state index in [9.17, 15) is 4.79 Å². The molecule has 3 heteroatoms. The quantitative estimate of drug-likeness (QED) is 0.666. The van der Waals surface area contributed by atoms with Crippen LogP contribution in [0.25, 0.3) is 0 Å². The molecule has 0 aromatic heterocycles. The lowest BCUT2D eigenvalue weighted by Gasteiger charge is -2.30. The summed E-state index contributed by atoms with van der Waals surface area (Å²) in [5, 5.41) is 8.46. The maximum absolute atomic E-state index is 10.3. The molecule has 74 valence electrons. The Morgan fingerprint density at radius 3 is 2.38 bits per heavy atom. The first kappa shape index (κ1) is 10.3. The Hall–Kier alpha value is -0.830. The average Bonchev–Trinajstić information content (AvgIpc) is 1.99. The van der Waals surface area contributed by atoms with Gasteiger partial charge in [0.25, 0.3) is 0 Å². The Morgan fingerprint density at radius 2 is 1.92 bits per heavy atom. The minimum Gasteiger partial charge on any atom is -0.478 e. The summed E-state index contributed by atoms with van der Waals surface area (Å²) in [6, 6.07) is 0. The average molecular weight is 184 g/mol. The monoisotopic (exact) mass is 184 g/mol. The molecule has 1 saturated heterocycles. The highest BCUT2D eigenvalue weighted by atomic mass is 16.5. The lowest BCUT2D eigenvalue weighted by Crippen LogP contribution is -2.28. The van der Waals surface area contributed by atoms with E-state index in [-0.39, 0.29) is 12.2 Å². The first-order valence-electron chi connectivity index (χ1n) is 4.64. The second kappa shape index (κ2) is 4.42. The molecule has 1 heterocycles. The smallest absolute Gasteiger partial charge is 0.327 e. The summed E-state index contributed by atoms with van der Waals surface area (Å²) in [6.45, 7) is 4.05. The molecule has 0 saturated carbocycles. The van der Waals surface area contributed by atoms with Crippen molar-refractivity contribution in [3.8, 4) is 0 Å². The van der Waals surface area contributed by atoms with Gasteiger partial charge in [-0.15, -0.1) is 0 Å². The Balaban J connectivity index is 2.46. The van der Waals surface area contributed by atoms with Gasteiger partial charge in [0.15, 0.2) is 0 Å². The molecule has 0 aliphatic carbocycles. The first-order valence-corrected chi connectivity index (χ1v) is 4.64. The van der Waals surface area contributed by atoms with Gasteiger partial charge in [-0.25, -0.2) is 4.79 Å². The van der Waals surface area contributed by atoms with Crippen LogP contribution in [0.4, 0.5) is 0 Å². The van der Waals surface area contributed by atoms with Crippen molar-refractivity contribution in [2.45, 2.75) is 38.9 Å². The lowest BCUT2D eigenvalue weighted by molar-refractivity contribution is -0.131. The topological polar surface area (TPSA) is 46.5 Å². The highest BCUT2D eigenvalue weighted by Crippen LogP contribution is 2.25. The summed E-state index contributed by atoms with van der Waals surface area (Å²) in [4.78, 5) is 10.3. The van der Waals surface area contributed by atoms with Crippen LogP contribution in [0, 0.1) is 5.92 Å². The van der Waals surface area contributed by atoms with Gasteiger partial charge < -0.3 is 9.84 Å². The minimum atomic E-state index is -0.869. The van der Waals surface area contributed by atoms with Crippen molar-refractivity contribution in [2.75, 3.05) is 0 Å². The summed E-state index contributed by atoms with van der Waals surface area (Å²) in [6.07, 6.45) is 5.34. The normalized spacial score (nSPS) is 35.1.